The summed E-state index contributed by atoms with van der Waals surface area (Å²) in [5.41, 5.74) is 0.590. The van der Waals surface area contributed by atoms with Crippen LogP contribution in [-0.4, -0.2) is 47.1 Å². The van der Waals surface area contributed by atoms with Gasteiger partial charge in [-0.05, 0) is 36.4 Å². The number of anilines is 1. The molecule has 0 atom stereocenters. The number of alkyl halides is 3. The summed E-state index contributed by atoms with van der Waals surface area (Å²) in [4.78, 5) is 21.2. The van der Waals surface area contributed by atoms with Crippen LogP contribution in [0.1, 0.15) is 15.2 Å². The number of phenolic OH excluding ortho intramolecular Hbond substituents is 1. The van der Waals surface area contributed by atoms with Gasteiger partial charge in [0.2, 0.25) is 0 Å². The van der Waals surface area contributed by atoms with E-state index in [1.807, 2.05) is 4.90 Å². The second-order valence-corrected chi connectivity index (χ2v) is 8.99. The summed E-state index contributed by atoms with van der Waals surface area (Å²) in [5, 5.41) is 10.4. The predicted molar refractivity (Wildman–Crippen MR) is 119 cm³/mol. The van der Waals surface area contributed by atoms with Crippen LogP contribution in [0.15, 0.2) is 42.6 Å². The molecule has 168 valence electrons. The van der Waals surface area contributed by atoms with Gasteiger partial charge in [-0.25, -0.2) is 4.98 Å². The van der Waals surface area contributed by atoms with Gasteiger partial charge in [-0.1, -0.05) is 23.2 Å². The second kappa shape index (κ2) is 8.80. The molecule has 0 spiro atoms. The molecule has 0 aliphatic carbocycles. The van der Waals surface area contributed by atoms with Gasteiger partial charge >= 0.3 is 6.18 Å². The summed E-state index contributed by atoms with van der Waals surface area (Å²) in [6, 6.07) is 8.08. The molecule has 0 saturated carbocycles. The van der Waals surface area contributed by atoms with Crippen LogP contribution >= 0.6 is 34.5 Å². The second-order valence-electron chi connectivity index (χ2n) is 7.14. The van der Waals surface area contributed by atoms with Crippen molar-refractivity contribution in [3.05, 3.63) is 63.1 Å². The van der Waals surface area contributed by atoms with Crippen LogP contribution in [0.2, 0.25) is 10.0 Å². The average Bonchev–Trinajstić information content (AvgIpc) is 3.26. The Kier molecular flexibility index (Phi) is 6.24. The number of carbonyl (C=O) groups excluding carboxylic acids is 1. The molecule has 1 aliphatic rings. The van der Waals surface area contributed by atoms with Gasteiger partial charge in [-0.3, -0.25) is 4.79 Å². The first-order valence-corrected chi connectivity index (χ1v) is 11.1. The first kappa shape index (κ1) is 22.7. The average molecular weight is 502 g/mol. The highest BCUT2D eigenvalue weighted by atomic mass is 35.5. The summed E-state index contributed by atoms with van der Waals surface area (Å²) in [5.74, 6) is -0.382. The minimum absolute atomic E-state index is 0.0926. The molecule has 1 aliphatic heterocycles. The lowest BCUT2D eigenvalue weighted by atomic mass is 10.1. The highest BCUT2D eigenvalue weighted by molar-refractivity contribution is 7.16. The van der Waals surface area contributed by atoms with E-state index >= 15 is 0 Å². The van der Waals surface area contributed by atoms with Crippen molar-refractivity contribution in [2.75, 3.05) is 31.1 Å². The summed E-state index contributed by atoms with van der Waals surface area (Å²) in [6.07, 6.45) is -2.88. The molecule has 2 aromatic carbocycles. The number of halogens is 5. The number of hydrogen-bond donors (Lipinski definition) is 1. The molecule has 1 N–H and O–H groups in total. The normalized spacial score (nSPS) is 14.7. The van der Waals surface area contributed by atoms with E-state index in [1.165, 1.54) is 41.8 Å². The lowest BCUT2D eigenvalue weighted by Gasteiger charge is -2.36. The number of carbonyl (C=O) groups is 1. The van der Waals surface area contributed by atoms with Crippen molar-refractivity contribution < 1.29 is 23.1 Å². The van der Waals surface area contributed by atoms with Gasteiger partial charge in [-0.2, -0.15) is 13.2 Å². The third-order valence-corrected chi connectivity index (χ3v) is 6.72. The third kappa shape index (κ3) is 4.65. The van der Waals surface area contributed by atoms with Crippen molar-refractivity contribution in [2.24, 2.45) is 0 Å². The fourth-order valence-electron chi connectivity index (χ4n) is 3.38. The van der Waals surface area contributed by atoms with Crippen LogP contribution in [0, 0.1) is 0 Å². The zero-order valence-corrected chi connectivity index (χ0v) is 18.7. The van der Waals surface area contributed by atoms with E-state index in [0.717, 1.165) is 12.1 Å². The Morgan fingerprint density at radius 3 is 2.19 bits per heavy atom. The number of hydrogen-bond acceptors (Lipinski definition) is 5. The van der Waals surface area contributed by atoms with E-state index in [2.05, 4.69) is 4.98 Å². The maximum Gasteiger partial charge on any atom is 0.416 e. The Balaban J connectivity index is 1.41. The molecule has 32 heavy (non-hydrogen) atoms. The van der Waals surface area contributed by atoms with Gasteiger partial charge in [0, 0.05) is 37.4 Å². The number of thiazole rings is 1. The SMILES string of the molecule is O=C(c1cnc(-c2cc(Cl)c(O)c(Cl)c2)s1)N1CCN(c2ccc(C(F)(F)F)cc2)CC1. The van der Waals surface area contributed by atoms with E-state index in [1.54, 1.807) is 4.90 Å². The van der Waals surface area contributed by atoms with Crippen molar-refractivity contribution in [1.82, 2.24) is 9.88 Å². The van der Waals surface area contributed by atoms with Gasteiger partial charge < -0.3 is 14.9 Å². The minimum atomic E-state index is -4.37. The number of aromatic hydroxyl groups is 1. The van der Waals surface area contributed by atoms with Crippen molar-refractivity contribution in [3.8, 4) is 16.3 Å². The lowest BCUT2D eigenvalue weighted by molar-refractivity contribution is -0.137. The third-order valence-electron chi connectivity index (χ3n) is 5.11. The van der Waals surface area contributed by atoms with Gasteiger partial charge in [0.1, 0.15) is 9.88 Å². The smallest absolute Gasteiger partial charge is 0.416 e. The molecule has 1 aromatic heterocycles. The largest absolute Gasteiger partial charge is 0.505 e. The molecule has 0 radical (unpaired) electrons. The highest BCUT2D eigenvalue weighted by Gasteiger charge is 2.30. The first-order chi connectivity index (χ1) is 15.1. The van der Waals surface area contributed by atoms with Crippen LogP contribution in [0.3, 0.4) is 0 Å². The molecular weight excluding hydrogens is 486 g/mol. The fourth-order valence-corrected chi connectivity index (χ4v) is 4.74. The van der Waals surface area contributed by atoms with E-state index in [-0.39, 0.29) is 21.7 Å². The molecule has 5 nitrogen and oxygen atoms in total. The number of aromatic nitrogens is 1. The van der Waals surface area contributed by atoms with E-state index in [4.69, 9.17) is 23.2 Å². The summed E-state index contributed by atoms with van der Waals surface area (Å²) >= 11 is 13.1. The van der Waals surface area contributed by atoms with E-state index in [0.29, 0.717) is 47.3 Å². The maximum absolute atomic E-state index is 12.9. The first-order valence-electron chi connectivity index (χ1n) is 9.49. The number of benzene rings is 2. The number of piperazine rings is 1. The van der Waals surface area contributed by atoms with Gasteiger partial charge in [-0.15, -0.1) is 11.3 Å². The lowest BCUT2D eigenvalue weighted by Crippen LogP contribution is -2.48. The molecule has 3 aromatic rings. The number of phenols is 1. The molecule has 0 unspecified atom stereocenters. The molecule has 4 rings (SSSR count). The Labute approximate surface area is 195 Å². The summed E-state index contributed by atoms with van der Waals surface area (Å²) < 4.78 is 38.2. The molecular formula is C21H16Cl2F3N3O2S. The minimum Gasteiger partial charge on any atom is -0.505 e. The van der Waals surface area contributed by atoms with Crippen molar-refractivity contribution in [3.63, 3.8) is 0 Å². The van der Waals surface area contributed by atoms with Crippen LogP contribution in [-0.2, 0) is 6.18 Å². The number of nitrogens with zero attached hydrogens (tertiary/aromatic N) is 3. The molecule has 0 bridgehead atoms. The predicted octanol–water partition coefficient (Wildman–Crippen LogP) is 5.80. The quantitative estimate of drug-likeness (QED) is 0.492. The number of rotatable bonds is 3. The van der Waals surface area contributed by atoms with Gasteiger partial charge in [0.15, 0.2) is 5.75 Å². The van der Waals surface area contributed by atoms with Gasteiger partial charge in [0.05, 0.1) is 21.8 Å². The highest BCUT2D eigenvalue weighted by Crippen LogP contribution is 2.38. The molecule has 2 heterocycles. The zero-order chi connectivity index (χ0) is 23.0. The van der Waals surface area contributed by atoms with E-state index < -0.39 is 11.7 Å². The molecule has 1 amide bonds. The van der Waals surface area contributed by atoms with Gasteiger partial charge in [0.25, 0.3) is 5.91 Å². The summed E-state index contributed by atoms with van der Waals surface area (Å²) in [7, 11) is 0. The standard InChI is InChI=1S/C21H16Cl2F3N3O2S/c22-15-9-12(10-16(23)18(15)30)19-27-11-17(32-19)20(31)29-7-5-28(6-8-29)14-3-1-13(2-4-14)21(24,25)26/h1-4,9-11,30H,5-8H2. The van der Waals surface area contributed by atoms with Crippen molar-refractivity contribution >= 4 is 46.1 Å². The zero-order valence-electron chi connectivity index (χ0n) is 16.4. The fraction of sp³-hybridized carbons (Fsp3) is 0.238. The maximum atomic E-state index is 12.9. The number of amides is 1. The van der Waals surface area contributed by atoms with Crippen LogP contribution in [0.25, 0.3) is 10.6 Å². The summed E-state index contributed by atoms with van der Waals surface area (Å²) in [6.45, 7) is 1.88. The Morgan fingerprint density at radius 1 is 1.03 bits per heavy atom. The monoisotopic (exact) mass is 501 g/mol. The van der Waals surface area contributed by atoms with Crippen LogP contribution in [0.4, 0.5) is 18.9 Å². The van der Waals surface area contributed by atoms with Crippen LogP contribution < -0.4 is 4.90 Å². The Bertz CT molecular complexity index is 1120. The molecule has 1 fully saturated rings. The van der Waals surface area contributed by atoms with E-state index in [9.17, 15) is 23.1 Å². The van der Waals surface area contributed by atoms with Crippen molar-refractivity contribution in [1.29, 1.82) is 0 Å². The molecule has 1 saturated heterocycles. The van der Waals surface area contributed by atoms with Crippen molar-refractivity contribution in [2.45, 2.75) is 6.18 Å². The topological polar surface area (TPSA) is 56.7 Å². The Hall–Kier alpha value is -2.49. The molecule has 11 heteroatoms. The van der Waals surface area contributed by atoms with Crippen LogP contribution in [0.5, 0.6) is 5.75 Å². The Morgan fingerprint density at radius 2 is 1.62 bits per heavy atom.